The number of carbonyl (C=O) groups excluding carboxylic acids is 1. The van der Waals surface area contributed by atoms with Crippen LogP contribution >= 0.6 is 0 Å². The van der Waals surface area contributed by atoms with Crippen molar-refractivity contribution in [3.63, 3.8) is 0 Å². The van der Waals surface area contributed by atoms with Crippen LogP contribution in [0.15, 0.2) is 12.5 Å². The molecule has 0 radical (unpaired) electrons. The molecule has 0 saturated carbocycles. The summed E-state index contributed by atoms with van der Waals surface area (Å²) in [5.74, 6) is 0.0379. The Labute approximate surface area is 115 Å². The van der Waals surface area contributed by atoms with Gasteiger partial charge in [0.1, 0.15) is 0 Å². The molecule has 0 bridgehead atoms. The van der Waals surface area contributed by atoms with Crippen molar-refractivity contribution in [1.29, 1.82) is 0 Å². The average molecular weight is 266 g/mol. The van der Waals surface area contributed by atoms with Gasteiger partial charge in [-0.25, -0.2) is 4.98 Å². The molecule has 2 N–H and O–H groups in total. The molecule has 0 aliphatic heterocycles. The summed E-state index contributed by atoms with van der Waals surface area (Å²) in [6.07, 6.45) is 3.63. The lowest BCUT2D eigenvalue weighted by molar-refractivity contribution is -0.129. The fraction of sp³-hybridized carbons (Fsp3) is 0.714. The second-order valence-electron chi connectivity index (χ2n) is 6.58. The van der Waals surface area contributed by atoms with E-state index in [-0.39, 0.29) is 11.4 Å². The molecule has 0 aliphatic rings. The molecule has 0 spiro atoms. The maximum atomic E-state index is 11.8. The van der Waals surface area contributed by atoms with Crippen molar-refractivity contribution in [2.75, 3.05) is 7.05 Å². The van der Waals surface area contributed by atoms with Crippen LogP contribution in [0.1, 0.15) is 40.3 Å². The zero-order chi connectivity index (χ0) is 14.7. The van der Waals surface area contributed by atoms with Gasteiger partial charge in [0.25, 0.3) is 0 Å². The van der Waals surface area contributed by atoms with E-state index in [1.165, 1.54) is 0 Å². The smallest absolute Gasteiger partial charge is 0.227 e. The van der Waals surface area contributed by atoms with Crippen LogP contribution in [0, 0.1) is 5.41 Å². The summed E-state index contributed by atoms with van der Waals surface area (Å²) in [6, 6.07) is 0. The minimum absolute atomic E-state index is 0.0379. The van der Waals surface area contributed by atoms with E-state index < -0.39 is 5.41 Å². The van der Waals surface area contributed by atoms with Crippen LogP contribution in [0.25, 0.3) is 0 Å². The molecule has 0 saturated heterocycles. The van der Waals surface area contributed by atoms with E-state index in [1.54, 1.807) is 13.4 Å². The van der Waals surface area contributed by atoms with Gasteiger partial charge in [0.2, 0.25) is 5.91 Å². The Hall–Kier alpha value is -1.36. The Morgan fingerprint density at radius 1 is 1.32 bits per heavy atom. The molecule has 1 rings (SSSR count). The molecule has 0 aromatic carbocycles. The van der Waals surface area contributed by atoms with Gasteiger partial charge in [-0.3, -0.25) is 4.79 Å². The van der Waals surface area contributed by atoms with Gasteiger partial charge in [-0.15, -0.1) is 0 Å². The normalized spacial score (nSPS) is 12.5. The number of hydrogen-bond donors (Lipinski definition) is 2. The van der Waals surface area contributed by atoms with Crippen LogP contribution in [-0.4, -0.2) is 28.0 Å². The van der Waals surface area contributed by atoms with E-state index in [0.29, 0.717) is 6.54 Å². The fourth-order valence-corrected chi connectivity index (χ4v) is 1.83. The number of aromatic nitrogens is 2. The highest BCUT2D eigenvalue weighted by molar-refractivity contribution is 5.81. The highest BCUT2D eigenvalue weighted by Crippen LogP contribution is 2.19. The van der Waals surface area contributed by atoms with Gasteiger partial charge in [-0.05, 0) is 34.6 Å². The van der Waals surface area contributed by atoms with E-state index >= 15 is 0 Å². The van der Waals surface area contributed by atoms with Crippen molar-refractivity contribution in [2.45, 2.75) is 53.2 Å². The Balaban J connectivity index is 2.75. The quantitative estimate of drug-likeness (QED) is 0.850. The monoisotopic (exact) mass is 266 g/mol. The minimum Gasteiger partial charge on any atom is -0.359 e. The second kappa shape index (κ2) is 5.74. The van der Waals surface area contributed by atoms with Gasteiger partial charge in [0.05, 0.1) is 17.4 Å². The first-order chi connectivity index (χ1) is 8.65. The molecule has 5 heteroatoms. The van der Waals surface area contributed by atoms with Crippen LogP contribution in [-0.2, 0) is 17.9 Å². The first kappa shape index (κ1) is 15.7. The van der Waals surface area contributed by atoms with Gasteiger partial charge >= 0.3 is 0 Å². The summed E-state index contributed by atoms with van der Waals surface area (Å²) >= 11 is 0. The van der Waals surface area contributed by atoms with Crippen molar-refractivity contribution >= 4 is 5.91 Å². The highest BCUT2D eigenvalue weighted by atomic mass is 16.2. The predicted octanol–water partition coefficient (Wildman–Crippen LogP) is 1.54. The molecule has 19 heavy (non-hydrogen) atoms. The predicted molar refractivity (Wildman–Crippen MR) is 76.7 cm³/mol. The molecule has 5 nitrogen and oxygen atoms in total. The maximum absolute atomic E-state index is 11.8. The van der Waals surface area contributed by atoms with Crippen molar-refractivity contribution in [3.05, 3.63) is 18.2 Å². The Kier molecular flexibility index (Phi) is 4.74. The average Bonchev–Trinajstić information content (AvgIpc) is 2.71. The van der Waals surface area contributed by atoms with Crippen molar-refractivity contribution < 1.29 is 4.79 Å². The van der Waals surface area contributed by atoms with Crippen LogP contribution in [0.4, 0.5) is 0 Å². The van der Waals surface area contributed by atoms with E-state index in [0.717, 1.165) is 12.2 Å². The van der Waals surface area contributed by atoms with Gasteiger partial charge < -0.3 is 15.2 Å². The first-order valence-electron chi connectivity index (χ1n) is 6.62. The van der Waals surface area contributed by atoms with E-state index in [4.69, 9.17) is 0 Å². The summed E-state index contributed by atoms with van der Waals surface area (Å²) in [7, 11) is 1.67. The third-order valence-corrected chi connectivity index (χ3v) is 3.01. The van der Waals surface area contributed by atoms with E-state index in [9.17, 15) is 4.79 Å². The Bertz CT molecular complexity index is 429. The molecular weight excluding hydrogens is 240 g/mol. The van der Waals surface area contributed by atoms with Gasteiger partial charge in [0.15, 0.2) is 0 Å². The molecule has 1 amide bonds. The first-order valence-corrected chi connectivity index (χ1v) is 6.62. The highest BCUT2D eigenvalue weighted by Gasteiger charge is 2.27. The maximum Gasteiger partial charge on any atom is 0.227 e. The standard InChI is InChI=1S/C14H26N4O/c1-13(2,3)17-8-11-7-16-10-18(11)9-14(4,5)12(19)15-6/h7,10,17H,8-9H2,1-6H3,(H,15,19). The van der Waals surface area contributed by atoms with Crippen LogP contribution in [0.3, 0.4) is 0 Å². The van der Waals surface area contributed by atoms with Gasteiger partial charge in [-0.1, -0.05) is 0 Å². The lowest BCUT2D eigenvalue weighted by Crippen LogP contribution is -2.39. The lowest BCUT2D eigenvalue weighted by atomic mass is 9.92. The summed E-state index contributed by atoms with van der Waals surface area (Å²) in [5, 5.41) is 6.14. The molecule has 0 fully saturated rings. The third kappa shape index (κ3) is 4.67. The van der Waals surface area contributed by atoms with Crippen molar-refractivity contribution in [2.24, 2.45) is 5.41 Å². The van der Waals surface area contributed by atoms with Crippen LogP contribution in [0.5, 0.6) is 0 Å². The minimum atomic E-state index is -0.452. The molecule has 1 aromatic heterocycles. The van der Waals surface area contributed by atoms with Gasteiger partial charge in [-0.2, -0.15) is 0 Å². The van der Waals surface area contributed by atoms with E-state index in [1.807, 2.05) is 24.6 Å². The van der Waals surface area contributed by atoms with Crippen LogP contribution < -0.4 is 10.6 Å². The Morgan fingerprint density at radius 3 is 2.47 bits per heavy atom. The van der Waals surface area contributed by atoms with Crippen LogP contribution in [0.2, 0.25) is 0 Å². The molecule has 0 aliphatic carbocycles. The summed E-state index contributed by atoms with van der Waals surface area (Å²) in [6.45, 7) is 11.6. The van der Waals surface area contributed by atoms with Gasteiger partial charge in [0, 0.05) is 31.9 Å². The number of nitrogens with one attached hydrogen (secondary N) is 2. The number of amides is 1. The molecule has 1 aromatic rings. The molecule has 108 valence electrons. The molecule has 1 heterocycles. The number of carbonyl (C=O) groups is 1. The van der Waals surface area contributed by atoms with Crippen molar-refractivity contribution in [3.8, 4) is 0 Å². The number of imidazole rings is 1. The number of hydrogen-bond acceptors (Lipinski definition) is 3. The lowest BCUT2D eigenvalue weighted by Gasteiger charge is -2.25. The fourth-order valence-electron chi connectivity index (χ4n) is 1.83. The summed E-state index contributed by atoms with van der Waals surface area (Å²) < 4.78 is 2.04. The topological polar surface area (TPSA) is 59.0 Å². The number of nitrogens with zero attached hydrogens (tertiary/aromatic N) is 2. The molecule has 0 atom stereocenters. The third-order valence-electron chi connectivity index (χ3n) is 3.01. The molecular formula is C14H26N4O. The summed E-state index contributed by atoms with van der Waals surface area (Å²) in [4.78, 5) is 16.0. The summed E-state index contributed by atoms with van der Waals surface area (Å²) in [5.41, 5.74) is 0.698. The largest absolute Gasteiger partial charge is 0.359 e. The second-order valence-corrected chi connectivity index (χ2v) is 6.58. The molecule has 0 unspecified atom stereocenters. The van der Waals surface area contributed by atoms with E-state index in [2.05, 4.69) is 36.4 Å². The van der Waals surface area contributed by atoms with Crippen molar-refractivity contribution in [1.82, 2.24) is 20.2 Å². The Morgan fingerprint density at radius 2 is 1.95 bits per heavy atom. The zero-order valence-corrected chi connectivity index (χ0v) is 12.9. The SMILES string of the molecule is CNC(=O)C(C)(C)Cn1cncc1CNC(C)(C)C. The zero-order valence-electron chi connectivity index (χ0n) is 12.9. The number of rotatable bonds is 5.